The van der Waals surface area contributed by atoms with Gasteiger partial charge in [0.05, 0.1) is 11.9 Å². The van der Waals surface area contributed by atoms with E-state index in [9.17, 15) is 4.79 Å². The lowest BCUT2D eigenvalue weighted by Crippen LogP contribution is -2.29. The second-order valence-electron chi connectivity index (χ2n) is 6.20. The molecule has 1 saturated heterocycles. The zero-order chi connectivity index (χ0) is 14.6. The Morgan fingerprint density at radius 3 is 2.75 bits per heavy atom. The molecule has 0 unspecified atom stereocenters. The molecule has 110 valence electrons. The van der Waals surface area contributed by atoms with Crippen molar-refractivity contribution in [3.8, 4) is 0 Å². The maximum atomic E-state index is 11.9. The van der Waals surface area contributed by atoms with Gasteiger partial charge in [-0.1, -0.05) is 20.8 Å². The highest BCUT2D eigenvalue weighted by Gasteiger charge is 2.21. The standard InChI is InChI=1S/C15H24N4O/c1-15(2,3)14(20)18-12-5-6-13(17-11-12)19-9-4-7-16-8-10-19/h5-6,11,16H,4,7-10H2,1-3H3,(H,18,20). The number of hydrogen-bond acceptors (Lipinski definition) is 4. The molecule has 2 rings (SSSR count). The third-order valence-electron chi connectivity index (χ3n) is 3.35. The number of amides is 1. The van der Waals surface area contributed by atoms with E-state index in [0.29, 0.717) is 0 Å². The van der Waals surface area contributed by atoms with E-state index in [1.54, 1.807) is 6.20 Å². The van der Waals surface area contributed by atoms with Crippen LogP contribution in [0, 0.1) is 5.41 Å². The summed E-state index contributed by atoms with van der Waals surface area (Å²) in [5.74, 6) is 0.980. The zero-order valence-electron chi connectivity index (χ0n) is 12.6. The lowest BCUT2D eigenvalue weighted by atomic mass is 9.96. The number of carbonyl (C=O) groups excluding carboxylic acids is 1. The highest BCUT2D eigenvalue weighted by molar-refractivity contribution is 5.94. The fourth-order valence-corrected chi connectivity index (χ4v) is 2.04. The van der Waals surface area contributed by atoms with Crippen LogP contribution in [0.2, 0.25) is 0 Å². The third-order valence-corrected chi connectivity index (χ3v) is 3.35. The molecule has 0 spiro atoms. The monoisotopic (exact) mass is 276 g/mol. The predicted octanol–water partition coefficient (Wildman–Crippen LogP) is 1.87. The second kappa shape index (κ2) is 6.22. The van der Waals surface area contributed by atoms with Crippen molar-refractivity contribution in [2.24, 2.45) is 5.41 Å². The summed E-state index contributed by atoms with van der Waals surface area (Å²) in [6.07, 6.45) is 2.86. The molecule has 1 aliphatic heterocycles. The summed E-state index contributed by atoms with van der Waals surface area (Å²) >= 11 is 0. The molecule has 0 saturated carbocycles. The van der Waals surface area contributed by atoms with Gasteiger partial charge in [0.2, 0.25) is 5.91 Å². The average Bonchev–Trinajstić information content (AvgIpc) is 2.67. The first-order valence-electron chi connectivity index (χ1n) is 7.20. The molecular weight excluding hydrogens is 252 g/mol. The normalized spacial score (nSPS) is 16.6. The van der Waals surface area contributed by atoms with Crippen molar-refractivity contribution in [1.82, 2.24) is 10.3 Å². The minimum absolute atomic E-state index is 0.00558. The van der Waals surface area contributed by atoms with Gasteiger partial charge in [0.25, 0.3) is 0 Å². The number of hydrogen-bond donors (Lipinski definition) is 2. The number of nitrogens with zero attached hydrogens (tertiary/aromatic N) is 2. The number of nitrogens with one attached hydrogen (secondary N) is 2. The first kappa shape index (κ1) is 14.8. The number of aromatic nitrogens is 1. The Balaban J connectivity index is 2.00. The van der Waals surface area contributed by atoms with E-state index >= 15 is 0 Å². The molecule has 20 heavy (non-hydrogen) atoms. The van der Waals surface area contributed by atoms with Crippen molar-refractivity contribution in [2.45, 2.75) is 27.2 Å². The minimum Gasteiger partial charge on any atom is -0.355 e. The van der Waals surface area contributed by atoms with Crippen LogP contribution in [0.5, 0.6) is 0 Å². The van der Waals surface area contributed by atoms with E-state index in [1.807, 2.05) is 32.9 Å². The van der Waals surface area contributed by atoms with Gasteiger partial charge in [-0.25, -0.2) is 4.98 Å². The number of rotatable bonds is 2. The van der Waals surface area contributed by atoms with Gasteiger partial charge in [-0.3, -0.25) is 4.79 Å². The molecule has 0 aromatic carbocycles. The Kier molecular flexibility index (Phi) is 4.60. The Labute approximate surface area is 120 Å². The Morgan fingerprint density at radius 1 is 1.30 bits per heavy atom. The summed E-state index contributed by atoms with van der Waals surface area (Å²) in [6, 6.07) is 3.90. The molecule has 1 aromatic rings. The molecule has 1 amide bonds. The van der Waals surface area contributed by atoms with Crippen LogP contribution >= 0.6 is 0 Å². The fourth-order valence-electron chi connectivity index (χ4n) is 2.04. The van der Waals surface area contributed by atoms with Gasteiger partial charge in [-0.2, -0.15) is 0 Å². The molecule has 0 aliphatic carbocycles. The van der Waals surface area contributed by atoms with Crippen LogP contribution in [0.4, 0.5) is 11.5 Å². The highest BCUT2D eigenvalue weighted by atomic mass is 16.2. The van der Waals surface area contributed by atoms with Gasteiger partial charge >= 0.3 is 0 Å². The van der Waals surface area contributed by atoms with Gasteiger partial charge in [-0.05, 0) is 25.1 Å². The number of anilines is 2. The van der Waals surface area contributed by atoms with E-state index in [0.717, 1.165) is 44.1 Å². The van der Waals surface area contributed by atoms with Gasteiger partial charge in [0, 0.05) is 25.0 Å². The molecule has 5 heteroatoms. The maximum absolute atomic E-state index is 11.9. The first-order valence-corrected chi connectivity index (χ1v) is 7.20. The lowest BCUT2D eigenvalue weighted by molar-refractivity contribution is -0.123. The lowest BCUT2D eigenvalue weighted by Gasteiger charge is -2.21. The molecule has 1 aliphatic rings. The van der Waals surface area contributed by atoms with Crippen LogP contribution in [-0.2, 0) is 4.79 Å². The van der Waals surface area contributed by atoms with E-state index in [-0.39, 0.29) is 5.91 Å². The van der Waals surface area contributed by atoms with Crippen LogP contribution in [0.15, 0.2) is 18.3 Å². The van der Waals surface area contributed by atoms with Crippen molar-refractivity contribution in [3.05, 3.63) is 18.3 Å². The first-order chi connectivity index (χ1) is 9.47. The minimum atomic E-state index is -0.394. The summed E-state index contributed by atoms with van der Waals surface area (Å²) in [5, 5.41) is 6.27. The van der Waals surface area contributed by atoms with Crippen LogP contribution in [0.1, 0.15) is 27.2 Å². The number of pyridine rings is 1. The maximum Gasteiger partial charge on any atom is 0.229 e. The van der Waals surface area contributed by atoms with E-state index < -0.39 is 5.41 Å². The molecule has 1 fully saturated rings. The van der Waals surface area contributed by atoms with Crippen molar-refractivity contribution < 1.29 is 4.79 Å². The van der Waals surface area contributed by atoms with Crippen molar-refractivity contribution >= 4 is 17.4 Å². The smallest absolute Gasteiger partial charge is 0.229 e. The molecule has 5 nitrogen and oxygen atoms in total. The molecule has 1 aromatic heterocycles. The van der Waals surface area contributed by atoms with Gasteiger partial charge < -0.3 is 15.5 Å². The van der Waals surface area contributed by atoms with E-state index in [4.69, 9.17) is 0 Å². The van der Waals surface area contributed by atoms with Crippen LogP contribution in [-0.4, -0.2) is 37.1 Å². The van der Waals surface area contributed by atoms with Crippen LogP contribution in [0.3, 0.4) is 0 Å². The van der Waals surface area contributed by atoms with Crippen molar-refractivity contribution in [2.75, 3.05) is 36.4 Å². The van der Waals surface area contributed by atoms with Crippen molar-refractivity contribution in [3.63, 3.8) is 0 Å². The van der Waals surface area contributed by atoms with Gasteiger partial charge in [-0.15, -0.1) is 0 Å². The summed E-state index contributed by atoms with van der Waals surface area (Å²) in [7, 11) is 0. The second-order valence-corrected chi connectivity index (χ2v) is 6.20. The highest BCUT2D eigenvalue weighted by Crippen LogP contribution is 2.19. The van der Waals surface area contributed by atoms with E-state index in [2.05, 4.69) is 20.5 Å². The quantitative estimate of drug-likeness (QED) is 0.866. The Morgan fingerprint density at radius 2 is 2.10 bits per heavy atom. The van der Waals surface area contributed by atoms with Crippen LogP contribution < -0.4 is 15.5 Å². The Bertz CT molecular complexity index is 442. The summed E-state index contributed by atoms with van der Waals surface area (Å²) in [6.45, 7) is 9.74. The number of carbonyl (C=O) groups is 1. The molecule has 0 bridgehead atoms. The SMILES string of the molecule is CC(C)(C)C(=O)Nc1ccc(N2CCCNCC2)nc1. The van der Waals surface area contributed by atoms with Gasteiger partial charge in [0.1, 0.15) is 5.82 Å². The molecule has 0 atom stereocenters. The predicted molar refractivity (Wildman–Crippen MR) is 82.0 cm³/mol. The topological polar surface area (TPSA) is 57.3 Å². The fraction of sp³-hybridized carbons (Fsp3) is 0.600. The molecule has 0 radical (unpaired) electrons. The summed E-state index contributed by atoms with van der Waals surface area (Å²) < 4.78 is 0. The molecular formula is C15H24N4O. The largest absolute Gasteiger partial charge is 0.355 e. The average molecular weight is 276 g/mol. The Hall–Kier alpha value is -1.62. The third kappa shape index (κ3) is 3.93. The molecule has 2 heterocycles. The van der Waals surface area contributed by atoms with E-state index in [1.165, 1.54) is 0 Å². The molecule has 2 N–H and O–H groups in total. The van der Waals surface area contributed by atoms with Crippen LogP contribution in [0.25, 0.3) is 0 Å². The summed E-state index contributed by atoms with van der Waals surface area (Å²) in [4.78, 5) is 18.6. The van der Waals surface area contributed by atoms with Gasteiger partial charge in [0.15, 0.2) is 0 Å². The zero-order valence-corrected chi connectivity index (χ0v) is 12.6. The van der Waals surface area contributed by atoms with Crippen molar-refractivity contribution in [1.29, 1.82) is 0 Å². The summed E-state index contributed by atoms with van der Waals surface area (Å²) in [5.41, 5.74) is 0.358.